The lowest BCUT2D eigenvalue weighted by molar-refractivity contribution is -0.116. The van der Waals surface area contributed by atoms with Crippen molar-refractivity contribution in [3.8, 4) is 23.0 Å². The Labute approximate surface area is 229 Å². The summed E-state index contributed by atoms with van der Waals surface area (Å²) in [5.74, 6) is 2.44. The maximum Gasteiger partial charge on any atom is 0.244 e. The van der Waals surface area contributed by atoms with Crippen LogP contribution in [0.15, 0.2) is 103 Å². The van der Waals surface area contributed by atoms with E-state index in [2.05, 4.69) is 5.32 Å². The van der Waals surface area contributed by atoms with E-state index in [9.17, 15) is 4.79 Å². The van der Waals surface area contributed by atoms with Crippen LogP contribution in [-0.2, 0) is 24.4 Å². The van der Waals surface area contributed by atoms with Gasteiger partial charge in [0.1, 0.15) is 13.2 Å². The van der Waals surface area contributed by atoms with E-state index in [1.54, 1.807) is 20.3 Å². The number of hydrogen-bond acceptors (Lipinski definition) is 5. The van der Waals surface area contributed by atoms with Crippen molar-refractivity contribution >= 4 is 12.0 Å². The second-order valence-corrected chi connectivity index (χ2v) is 8.82. The first kappa shape index (κ1) is 27.3. The molecule has 4 aromatic carbocycles. The minimum Gasteiger partial charge on any atom is -0.493 e. The van der Waals surface area contributed by atoms with Gasteiger partial charge in [0.25, 0.3) is 0 Å². The van der Waals surface area contributed by atoms with Crippen molar-refractivity contribution in [2.45, 2.75) is 19.6 Å². The van der Waals surface area contributed by atoms with E-state index in [0.29, 0.717) is 49.2 Å². The Morgan fingerprint density at radius 3 is 1.82 bits per heavy atom. The summed E-state index contributed by atoms with van der Waals surface area (Å²) >= 11 is 0. The second-order valence-electron chi connectivity index (χ2n) is 8.82. The lowest BCUT2D eigenvalue weighted by atomic mass is 10.1. The molecule has 0 bridgehead atoms. The third-order valence-electron chi connectivity index (χ3n) is 6.03. The van der Waals surface area contributed by atoms with Gasteiger partial charge in [0, 0.05) is 12.6 Å². The van der Waals surface area contributed by atoms with Crippen LogP contribution in [0.4, 0.5) is 0 Å². The highest BCUT2D eigenvalue weighted by molar-refractivity contribution is 5.91. The van der Waals surface area contributed by atoms with Gasteiger partial charge in [-0.25, -0.2) is 0 Å². The quantitative estimate of drug-likeness (QED) is 0.210. The predicted molar refractivity (Wildman–Crippen MR) is 153 cm³/mol. The highest BCUT2D eigenvalue weighted by Crippen LogP contribution is 2.30. The predicted octanol–water partition coefficient (Wildman–Crippen LogP) is 6.23. The van der Waals surface area contributed by atoms with Crippen molar-refractivity contribution in [1.82, 2.24) is 5.32 Å². The molecule has 200 valence electrons. The molecule has 0 aliphatic carbocycles. The fourth-order valence-electron chi connectivity index (χ4n) is 3.93. The number of carbonyl (C=O) groups is 1. The molecule has 1 N–H and O–H groups in total. The number of carbonyl (C=O) groups excluding carboxylic acids is 1. The van der Waals surface area contributed by atoms with Crippen LogP contribution >= 0.6 is 0 Å². The lowest BCUT2D eigenvalue weighted by Gasteiger charge is -2.12. The van der Waals surface area contributed by atoms with Gasteiger partial charge in [-0.2, -0.15) is 0 Å². The first-order chi connectivity index (χ1) is 19.1. The van der Waals surface area contributed by atoms with Crippen molar-refractivity contribution in [1.29, 1.82) is 0 Å². The Morgan fingerprint density at radius 2 is 1.23 bits per heavy atom. The van der Waals surface area contributed by atoms with Crippen LogP contribution < -0.4 is 24.3 Å². The number of hydrogen-bond donors (Lipinski definition) is 1. The Balaban J connectivity index is 1.25. The number of nitrogens with one attached hydrogen (secondary N) is 1. The van der Waals surface area contributed by atoms with Crippen molar-refractivity contribution in [2.75, 3.05) is 20.8 Å². The van der Waals surface area contributed by atoms with Crippen LogP contribution in [0.5, 0.6) is 23.0 Å². The van der Waals surface area contributed by atoms with E-state index in [1.165, 1.54) is 6.08 Å². The van der Waals surface area contributed by atoms with Crippen molar-refractivity contribution in [3.63, 3.8) is 0 Å². The molecule has 0 aliphatic heterocycles. The van der Waals surface area contributed by atoms with Gasteiger partial charge < -0.3 is 24.3 Å². The number of rotatable bonds is 13. The molecule has 0 heterocycles. The average molecular weight is 524 g/mol. The van der Waals surface area contributed by atoms with Crippen molar-refractivity contribution < 1.29 is 23.7 Å². The highest BCUT2D eigenvalue weighted by atomic mass is 16.5. The van der Waals surface area contributed by atoms with Gasteiger partial charge in [-0.3, -0.25) is 4.79 Å². The van der Waals surface area contributed by atoms with Gasteiger partial charge in [-0.1, -0.05) is 72.8 Å². The van der Waals surface area contributed by atoms with E-state index in [0.717, 1.165) is 22.3 Å². The normalized spacial score (nSPS) is 10.7. The summed E-state index contributed by atoms with van der Waals surface area (Å²) in [6, 6.07) is 31.3. The molecule has 39 heavy (non-hydrogen) atoms. The van der Waals surface area contributed by atoms with Crippen LogP contribution in [0, 0.1) is 0 Å². The molecule has 1 amide bonds. The Morgan fingerprint density at radius 1 is 0.667 bits per heavy atom. The highest BCUT2D eigenvalue weighted by Gasteiger charge is 2.08. The van der Waals surface area contributed by atoms with Gasteiger partial charge in [0.05, 0.1) is 14.2 Å². The van der Waals surface area contributed by atoms with E-state index in [4.69, 9.17) is 18.9 Å². The molecule has 0 atom stereocenters. The number of ether oxygens (including phenoxy) is 4. The van der Waals surface area contributed by atoms with Crippen molar-refractivity contribution in [3.05, 3.63) is 125 Å². The fourth-order valence-corrected chi connectivity index (χ4v) is 3.93. The molecule has 0 aromatic heterocycles. The number of amides is 1. The molecule has 6 heteroatoms. The zero-order chi connectivity index (χ0) is 27.3. The summed E-state index contributed by atoms with van der Waals surface area (Å²) in [4.78, 5) is 12.4. The van der Waals surface area contributed by atoms with Crippen LogP contribution in [0.3, 0.4) is 0 Å². The monoisotopic (exact) mass is 523 g/mol. The van der Waals surface area contributed by atoms with Gasteiger partial charge in [-0.05, 0) is 59.0 Å². The molecule has 0 spiro atoms. The first-order valence-electron chi connectivity index (χ1n) is 12.8. The number of methoxy groups -OCH3 is 2. The molecular weight excluding hydrogens is 490 g/mol. The van der Waals surface area contributed by atoms with Crippen LogP contribution in [0.25, 0.3) is 6.08 Å². The standard InChI is InChI=1S/C33H33NO5/c1-36-31-21-25(13-16-29(31)38-23-27-9-5-3-6-10-27)15-18-33(35)34-20-19-26-14-17-30(32(22-26)37-2)39-24-28-11-7-4-8-12-28/h3-18,21-22H,19-20,23-24H2,1-2H3,(H,34,35)/b18-15+. The van der Waals surface area contributed by atoms with E-state index >= 15 is 0 Å². The summed E-state index contributed by atoms with van der Waals surface area (Å²) in [5, 5.41) is 2.92. The first-order valence-corrected chi connectivity index (χ1v) is 12.8. The molecule has 0 saturated heterocycles. The summed E-state index contributed by atoms with van der Waals surface area (Å²) < 4.78 is 22.8. The van der Waals surface area contributed by atoms with E-state index < -0.39 is 0 Å². The minimum absolute atomic E-state index is 0.173. The molecule has 0 saturated carbocycles. The largest absolute Gasteiger partial charge is 0.493 e. The molecule has 0 fully saturated rings. The molecular formula is C33H33NO5. The maximum absolute atomic E-state index is 12.4. The second kappa shape index (κ2) is 14.3. The van der Waals surface area contributed by atoms with E-state index in [-0.39, 0.29) is 5.91 Å². The minimum atomic E-state index is -0.173. The Kier molecular flexibility index (Phi) is 10.0. The van der Waals surface area contributed by atoms with Gasteiger partial charge in [-0.15, -0.1) is 0 Å². The summed E-state index contributed by atoms with van der Waals surface area (Å²) in [5.41, 5.74) is 4.04. The van der Waals surface area contributed by atoms with Crippen LogP contribution in [0.2, 0.25) is 0 Å². The van der Waals surface area contributed by atoms with Gasteiger partial charge >= 0.3 is 0 Å². The average Bonchev–Trinajstić information content (AvgIpc) is 2.99. The Bertz CT molecular complexity index is 1370. The number of benzene rings is 4. The molecule has 4 rings (SSSR count). The zero-order valence-corrected chi connectivity index (χ0v) is 22.3. The van der Waals surface area contributed by atoms with Crippen LogP contribution in [0.1, 0.15) is 22.3 Å². The third-order valence-corrected chi connectivity index (χ3v) is 6.03. The van der Waals surface area contributed by atoms with Crippen molar-refractivity contribution in [2.24, 2.45) is 0 Å². The molecule has 4 aromatic rings. The molecule has 0 aliphatic rings. The smallest absolute Gasteiger partial charge is 0.244 e. The molecule has 0 unspecified atom stereocenters. The molecule has 6 nitrogen and oxygen atoms in total. The fraction of sp³-hybridized carbons (Fsp3) is 0.182. The summed E-state index contributed by atoms with van der Waals surface area (Å²) in [6.45, 7) is 1.41. The summed E-state index contributed by atoms with van der Waals surface area (Å²) in [6.07, 6.45) is 3.93. The van der Waals surface area contributed by atoms with Gasteiger partial charge in [0.15, 0.2) is 23.0 Å². The Hall–Kier alpha value is -4.71. The molecule has 0 radical (unpaired) electrons. The third kappa shape index (κ3) is 8.40. The van der Waals surface area contributed by atoms with Crippen LogP contribution in [-0.4, -0.2) is 26.7 Å². The zero-order valence-electron chi connectivity index (χ0n) is 22.3. The SMILES string of the molecule is COc1cc(/C=C/C(=O)NCCc2ccc(OCc3ccccc3)c(OC)c2)ccc1OCc1ccccc1. The lowest BCUT2D eigenvalue weighted by Crippen LogP contribution is -2.23. The van der Waals surface area contributed by atoms with E-state index in [1.807, 2.05) is 97.1 Å². The maximum atomic E-state index is 12.4. The summed E-state index contributed by atoms with van der Waals surface area (Å²) in [7, 11) is 3.22. The topological polar surface area (TPSA) is 66.0 Å². The van der Waals surface area contributed by atoms with Gasteiger partial charge in [0.2, 0.25) is 5.91 Å².